The van der Waals surface area contributed by atoms with Gasteiger partial charge in [-0.3, -0.25) is 14.3 Å². The van der Waals surface area contributed by atoms with Crippen LogP contribution in [0.4, 0.5) is 0 Å². The maximum Gasteiger partial charge on any atom is 0.261 e. The number of benzene rings is 1. The van der Waals surface area contributed by atoms with Crippen LogP contribution < -0.4 is 5.56 Å². The van der Waals surface area contributed by atoms with Gasteiger partial charge in [-0.2, -0.15) is 0 Å². The van der Waals surface area contributed by atoms with Gasteiger partial charge in [0.25, 0.3) is 5.56 Å². The summed E-state index contributed by atoms with van der Waals surface area (Å²) in [5, 5.41) is 0.718. The maximum atomic E-state index is 12.6. The predicted molar refractivity (Wildman–Crippen MR) is 89.5 cm³/mol. The molecule has 5 heteroatoms. The Morgan fingerprint density at radius 1 is 1.17 bits per heavy atom. The van der Waals surface area contributed by atoms with E-state index < -0.39 is 0 Å². The standard InChI is InChI=1S/C18H23N3O2/c22-18-16-3-1-2-4-17(16)19-13-21(18)11-14-5-8-20(9-6-14)15-7-10-23-12-15/h1-4,13-15H,5-12H2. The molecule has 0 saturated carbocycles. The Bertz CT molecular complexity index is 728. The Morgan fingerprint density at radius 2 is 2.00 bits per heavy atom. The molecule has 0 bridgehead atoms. The van der Waals surface area contributed by atoms with Gasteiger partial charge in [-0.05, 0) is 50.4 Å². The normalized spacial score (nSPS) is 23.6. The third-order valence-corrected chi connectivity index (χ3v) is 5.26. The van der Waals surface area contributed by atoms with Gasteiger partial charge in [0.05, 0.1) is 23.8 Å². The largest absolute Gasteiger partial charge is 0.380 e. The number of hydrogen-bond donors (Lipinski definition) is 0. The molecule has 2 aromatic rings. The Labute approximate surface area is 135 Å². The molecular formula is C18H23N3O2. The summed E-state index contributed by atoms with van der Waals surface area (Å²) in [5.41, 5.74) is 0.868. The predicted octanol–water partition coefficient (Wildman–Crippen LogP) is 1.90. The fraction of sp³-hybridized carbons (Fsp3) is 0.556. The van der Waals surface area contributed by atoms with Crippen LogP contribution in [0.25, 0.3) is 10.9 Å². The van der Waals surface area contributed by atoms with Gasteiger partial charge in [-0.25, -0.2) is 4.98 Å². The minimum atomic E-state index is 0.0854. The van der Waals surface area contributed by atoms with Gasteiger partial charge in [0.15, 0.2) is 0 Å². The van der Waals surface area contributed by atoms with Gasteiger partial charge in [0.2, 0.25) is 0 Å². The molecule has 1 aromatic heterocycles. The SMILES string of the molecule is O=c1c2ccccc2ncn1CC1CCN(C2CCOC2)CC1. The molecule has 1 aromatic carbocycles. The van der Waals surface area contributed by atoms with Crippen molar-refractivity contribution in [2.75, 3.05) is 26.3 Å². The van der Waals surface area contributed by atoms with Gasteiger partial charge in [-0.1, -0.05) is 12.1 Å². The van der Waals surface area contributed by atoms with Gasteiger partial charge >= 0.3 is 0 Å². The molecule has 0 N–H and O–H groups in total. The molecule has 0 radical (unpaired) electrons. The lowest BCUT2D eigenvalue weighted by Gasteiger charge is -2.35. The molecule has 2 aliphatic heterocycles. The maximum absolute atomic E-state index is 12.6. The number of ether oxygens (including phenoxy) is 1. The van der Waals surface area contributed by atoms with Crippen LogP contribution in [0.2, 0.25) is 0 Å². The molecule has 122 valence electrons. The van der Waals surface area contributed by atoms with Crippen LogP contribution in [0.1, 0.15) is 19.3 Å². The Hall–Kier alpha value is -1.72. The second-order valence-electron chi connectivity index (χ2n) is 6.72. The quantitative estimate of drug-likeness (QED) is 0.868. The highest BCUT2D eigenvalue weighted by atomic mass is 16.5. The summed E-state index contributed by atoms with van der Waals surface area (Å²) in [6, 6.07) is 8.19. The van der Waals surface area contributed by atoms with Crippen molar-refractivity contribution in [1.29, 1.82) is 0 Å². The molecular weight excluding hydrogens is 290 g/mol. The van der Waals surface area contributed by atoms with Crippen molar-refractivity contribution in [1.82, 2.24) is 14.5 Å². The van der Waals surface area contributed by atoms with Crippen molar-refractivity contribution >= 4 is 10.9 Å². The zero-order chi connectivity index (χ0) is 15.6. The lowest BCUT2D eigenvalue weighted by atomic mass is 9.95. The summed E-state index contributed by atoms with van der Waals surface area (Å²) in [6.07, 6.45) is 5.17. The first kappa shape index (κ1) is 14.8. The van der Waals surface area contributed by atoms with E-state index in [0.29, 0.717) is 12.0 Å². The van der Waals surface area contributed by atoms with Gasteiger partial charge < -0.3 is 4.74 Å². The molecule has 23 heavy (non-hydrogen) atoms. The Balaban J connectivity index is 1.43. The third-order valence-electron chi connectivity index (χ3n) is 5.26. The molecule has 2 saturated heterocycles. The van der Waals surface area contributed by atoms with E-state index in [1.807, 2.05) is 24.3 Å². The fourth-order valence-electron chi connectivity index (χ4n) is 3.83. The molecule has 3 heterocycles. The number of likely N-dealkylation sites (tertiary alicyclic amines) is 1. The Morgan fingerprint density at radius 3 is 2.78 bits per heavy atom. The summed E-state index contributed by atoms with van der Waals surface area (Å²) < 4.78 is 7.29. The minimum Gasteiger partial charge on any atom is -0.380 e. The first-order valence-corrected chi connectivity index (χ1v) is 8.57. The van der Waals surface area contributed by atoms with Crippen molar-refractivity contribution in [2.24, 2.45) is 5.92 Å². The van der Waals surface area contributed by atoms with Crippen LogP contribution in [0.15, 0.2) is 35.4 Å². The molecule has 2 aliphatic rings. The van der Waals surface area contributed by atoms with Crippen molar-refractivity contribution in [2.45, 2.75) is 31.8 Å². The highest BCUT2D eigenvalue weighted by Crippen LogP contribution is 2.23. The summed E-state index contributed by atoms with van der Waals surface area (Å²) in [4.78, 5) is 19.6. The average Bonchev–Trinajstić information content (AvgIpc) is 3.13. The Kier molecular flexibility index (Phi) is 4.14. The van der Waals surface area contributed by atoms with Gasteiger partial charge in [-0.15, -0.1) is 0 Å². The number of para-hydroxylation sites is 1. The molecule has 0 aliphatic carbocycles. The van der Waals surface area contributed by atoms with E-state index in [2.05, 4.69) is 9.88 Å². The first-order chi connectivity index (χ1) is 11.3. The van der Waals surface area contributed by atoms with E-state index in [-0.39, 0.29) is 5.56 Å². The lowest BCUT2D eigenvalue weighted by molar-refractivity contribution is 0.105. The number of piperidine rings is 1. The summed E-state index contributed by atoms with van der Waals surface area (Å²) in [5.74, 6) is 0.564. The monoisotopic (exact) mass is 313 g/mol. The van der Waals surface area contributed by atoms with E-state index in [0.717, 1.165) is 56.6 Å². The van der Waals surface area contributed by atoms with E-state index in [1.54, 1.807) is 10.9 Å². The second kappa shape index (κ2) is 6.42. The fourth-order valence-corrected chi connectivity index (χ4v) is 3.83. The van der Waals surface area contributed by atoms with E-state index in [9.17, 15) is 4.79 Å². The van der Waals surface area contributed by atoms with Gasteiger partial charge in [0, 0.05) is 19.2 Å². The smallest absolute Gasteiger partial charge is 0.261 e. The molecule has 0 amide bonds. The van der Waals surface area contributed by atoms with E-state index in [1.165, 1.54) is 6.42 Å². The van der Waals surface area contributed by atoms with Crippen LogP contribution in [-0.4, -0.2) is 46.8 Å². The molecule has 4 rings (SSSR count). The minimum absolute atomic E-state index is 0.0854. The third kappa shape index (κ3) is 3.03. The van der Waals surface area contributed by atoms with Crippen LogP contribution in [0.3, 0.4) is 0 Å². The highest BCUT2D eigenvalue weighted by Gasteiger charge is 2.27. The lowest BCUT2D eigenvalue weighted by Crippen LogP contribution is -2.42. The molecule has 2 fully saturated rings. The summed E-state index contributed by atoms with van der Waals surface area (Å²) >= 11 is 0. The van der Waals surface area contributed by atoms with Crippen LogP contribution >= 0.6 is 0 Å². The van der Waals surface area contributed by atoms with Crippen LogP contribution in [0, 0.1) is 5.92 Å². The zero-order valence-corrected chi connectivity index (χ0v) is 13.4. The van der Waals surface area contributed by atoms with Crippen molar-refractivity contribution in [3.8, 4) is 0 Å². The number of hydrogen-bond acceptors (Lipinski definition) is 4. The number of rotatable bonds is 3. The first-order valence-electron chi connectivity index (χ1n) is 8.57. The molecule has 1 atom stereocenters. The highest BCUT2D eigenvalue weighted by molar-refractivity contribution is 5.76. The van der Waals surface area contributed by atoms with E-state index in [4.69, 9.17) is 4.74 Å². The topological polar surface area (TPSA) is 47.4 Å². The number of aromatic nitrogens is 2. The summed E-state index contributed by atoms with van der Waals surface area (Å²) in [6.45, 7) is 4.82. The second-order valence-corrected chi connectivity index (χ2v) is 6.72. The molecule has 5 nitrogen and oxygen atoms in total. The van der Waals surface area contributed by atoms with Crippen LogP contribution in [-0.2, 0) is 11.3 Å². The molecule has 0 spiro atoms. The van der Waals surface area contributed by atoms with Crippen molar-refractivity contribution in [3.63, 3.8) is 0 Å². The number of fused-ring (bicyclic) bond motifs is 1. The molecule has 1 unspecified atom stereocenters. The van der Waals surface area contributed by atoms with Crippen molar-refractivity contribution in [3.05, 3.63) is 40.9 Å². The van der Waals surface area contributed by atoms with Crippen molar-refractivity contribution < 1.29 is 4.74 Å². The average molecular weight is 313 g/mol. The number of nitrogens with zero attached hydrogens (tertiary/aromatic N) is 3. The summed E-state index contributed by atoms with van der Waals surface area (Å²) in [7, 11) is 0. The van der Waals surface area contributed by atoms with E-state index >= 15 is 0 Å². The van der Waals surface area contributed by atoms with Gasteiger partial charge in [0.1, 0.15) is 0 Å². The zero-order valence-electron chi connectivity index (χ0n) is 13.4. The van der Waals surface area contributed by atoms with Crippen LogP contribution in [0.5, 0.6) is 0 Å².